The summed E-state index contributed by atoms with van der Waals surface area (Å²) < 4.78 is 13.5. The van der Waals surface area contributed by atoms with Crippen molar-refractivity contribution in [3.8, 4) is 0 Å². The maximum Gasteiger partial charge on any atom is 0.140 e. The van der Waals surface area contributed by atoms with E-state index in [4.69, 9.17) is 0 Å². The number of hydrogen-bond donors (Lipinski definition) is 1. The molecule has 1 saturated heterocycles. The lowest BCUT2D eigenvalue weighted by Gasteiger charge is -2.39. The van der Waals surface area contributed by atoms with Crippen LogP contribution in [-0.4, -0.2) is 58.8 Å². The van der Waals surface area contributed by atoms with Gasteiger partial charge in [-0.15, -0.1) is 0 Å². The van der Waals surface area contributed by atoms with Crippen LogP contribution in [-0.2, 0) is 0 Å². The number of fused-ring (bicyclic) bond motifs is 1. The number of aromatic nitrogens is 2. The highest BCUT2D eigenvalue weighted by atomic mass is 19.1. The van der Waals surface area contributed by atoms with Crippen molar-refractivity contribution in [1.29, 1.82) is 0 Å². The van der Waals surface area contributed by atoms with Crippen molar-refractivity contribution in [1.82, 2.24) is 14.9 Å². The summed E-state index contributed by atoms with van der Waals surface area (Å²) in [6.45, 7) is 5.67. The fourth-order valence-electron chi connectivity index (χ4n) is 3.07. The lowest BCUT2D eigenvalue weighted by atomic mass is 10.1. The Balaban J connectivity index is 1.80. The second-order valence-corrected chi connectivity index (χ2v) is 5.63. The van der Waals surface area contributed by atoms with Crippen LogP contribution in [0, 0.1) is 5.82 Å². The minimum absolute atomic E-state index is 0.193. The van der Waals surface area contributed by atoms with Gasteiger partial charge in [0, 0.05) is 37.6 Å². The third-order valence-electron chi connectivity index (χ3n) is 4.39. The molecule has 1 aliphatic heterocycles. The van der Waals surface area contributed by atoms with Gasteiger partial charge in [0.25, 0.3) is 0 Å². The van der Waals surface area contributed by atoms with Crippen LogP contribution >= 0.6 is 0 Å². The van der Waals surface area contributed by atoms with Gasteiger partial charge in [0.15, 0.2) is 0 Å². The van der Waals surface area contributed by atoms with Crippen molar-refractivity contribution in [2.45, 2.75) is 19.4 Å². The van der Waals surface area contributed by atoms with Crippen molar-refractivity contribution in [3.05, 3.63) is 30.3 Å². The number of anilines is 1. The van der Waals surface area contributed by atoms with Crippen LogP contribution in [0.4, 0.5) is 10.2 Å². The monoisotopic (exact) mass is 304 g/mol. The molecule has 1 aromatic carbocycles. The Hall–Kier alpha value is -1.79. The number of aliphatic hydroxyl groups is 1. The summed E-state index contributed by atoms with van der Waals surface area (Å²) in [4.78, 5) is 13.0. The summed E-state index contributed by atoms with van der Waals surface area (Å²) in [6.07, 6.45) is 2.47. The fraction of sp³-hybridized carbons (Fsp3) is 0.500. The number of benzene rings is 1. The molecule has 0 amide bonds. The van der Waals surface area contributed by atoms with Crippen LogP contribution < -0.4 is 4.90 Å². The Kier molecular flexibility index (Phi) is 4.49. The third kappa shape index (κ3) is 2.89. The summed E-state index contributed by atoms with van der Waals surface area (Å²) >= 11 is 0. The van der Waals surface area contributed by atoms with Gasteiger partial charge >= 0.3 is 0 Å². The van der Waals surface area contributed by atoms with Crippen molar-refractivity contribution >= 4 is 16.7 Å². The van der Waals surface area contributed by atoms with Gasteiger partial charge in [-0.1, -0.05) is 6.92 Å². The summed E-state index contributed by atoms with van der Waals surface area (Å²) in [5.74, 6) is 0.523. The van der Waals surface area contributed by atoms with Crippen molar-refractivity contribution in [2.75, 3.05) is 37.7 Å². The fourth-order valence-corrected chi connectivity index (χ4v) is 3.07. The van der Waals surface area contributed by atoms with Gasteiger partial charge in [-0.2, -0.15) is 0 Å². The molecule has 0 saturated carbocycles. The van der Waals surface area contributed by atoms with E-state index < -0.39 is 0 Å². The summed E-state index contributed by atoms with van der Waals surface area (Å²) in [5.41, 5.74) is 0.760. The topological polar surface area (TPSA) is 52.5 Å². The van der Waals surface area contributed by atoms with E-state index in [1.54, 1.807) is 6.07 Å². The molecule has 2 heterocycles. The van der Waals surface area contributed by atoms with Crippen molar-refractivity contribution < 1.29 is 9.50 Å². The molecule has 1 N–H and O–H groups in total. The molecule has 3 rings (SSSR count). The molecule has 0 spiro atoms. The Morgan fingerprint density at radius 2 is 2.00 bits per heavy atom. The van der Waals surface area contributed by atoms with Gasteiger partial charge in [0.2, 0.25) is 0 Å². The van der Waals surface area contributed by atoms with Crippen LogP contribution in [0.3, 0.4) is 0 Å². The molecule has 2 aromatic rings. The zero-order valence-corrected chi connectivity index (χ0v) is 12.7. The molecular weight excluding hydrogens is 283 g/mol. The average Bonchev–Trinajstić information content (AvgIpc) is 2.56. The zero-order valence-electron chi connectivity index (χ0n) is 12.7. The van der Waals surface area contributed by atoms with Crippen LogP contribution in [0.2, 0.25) is 0 Å². The smallest absolute Gasteiger partial charge is 0.140 e. The molecule has 5 nitrogen and oxygen atoms in total. The molecule has 6 heteroatoms. The van der Waals surface area contributed by atoms with Crippen molar-refractivity contribution in [3.63, 3.8) is 0 Å². The third-order valence-corrected chi connectivity index (χ3v) is 4.39. The molecule has 0 bridgehead atoms. The first-order valence-electron chi connectivity index (χ1n) is 7.73. The lowest BCUT2D eigenvalue weighted by Crippen LogP contribution is -2.51. The number of hydrogen-bond acceptors (Lipinski definition) is 5. The molecule has 0 aliphatic carbocycles. The first kappa shape index (κ1) is 15.1. The standard InChI is InChI=1S/C16H21FN4O/c1-2-13(10-22)20-5-7-21(8-6-20)16-14-9-12(17)3-4-15(14)18-11-19-16/h3-4,9,11,13,22H,2,5-8,10H2,1H3/t13-/m0/s1. The Labute approximate surface area is 129 Å². The highest BCUT2D eigenvalue weighted by molar-refractivity contribution is 5.89. The second-order valence-electron chi connectivity index (χ2n) is 5.63. The van der Waals surface area contributed by atoms with Gasteiger partial charge < -0.3 is 10.0 Å². The molecule has 0 unspecified atom stereocenters. The first-order chi connectivity index (χ1) is 10.7. The van der Waals surface area contributed by atoms with Gasteiger partial charge in [-0.25, -0.2) is 14.4 Å². The van der Waals surface area contributed by atoms with E-state index in [1.807, 2.05) is 0 Å². The summed E-state index contributed by atoms with van der Waals surface area (Å²) in [6, 6.07) is 4.83. The molecule has 0 radical (unpaired) electrons. The second kappa shape index (κ2) is 6.54. The minimum Gasteiger partial charge on any atom is -0.395 e. The predicted octanol–water partition coefficient (Wildman–Crippen LogP) is 1.66. The van der Waals surface area contributed by atoms with E-state index >= 15 is 0 Å². The number of rotatable bonds is 4. The minimum atomic E-state index is -0.270. The van der Waals surface area contributed by atoms with Gasteiger partial charge in [-0.05, 0) is 24.6 Å². The molecule has 1 aromatic heterocycles. The van der Waals surface area contributed by atoms with E-state index in [2.05, 4.69) is 26.7 Å². The maximum atomic E-state index is 13.5. The van der Waals surface area contributed by atoms with E-state index in [0.717, 1.165) is 49.3 Å². The normalized spacial score (nSPS) is 17.9. The van der Waals surface area contributed by atoms with E-state index in [9.17, 15) is 9.50 Å². The number of piperazine rings is 1. The lowest BCUT2D eigenvalue weighted by molar-refractivity contribution is 0.114. The van der Waals surface area contributed by atoms with Crippen LogP contribution in [0.25, 0.3) is 10.9 Å². The quantitative estimate of drug-likeness (QED) is 0.931. The Morgan fingerprint density at radius 3 is 2.68 bits per heavy atom. The summed E-state index contributed by atoms with van der Waals surface area (Å²) in [7, 11) is 0. The van der Waals surface area contributed by atoms with Gasteiger partial charge in [0.05, 0.1) is 12.1 Å². The highest BCUT2D eigenvalue weighted by Crippen LogP contribution is 2.25. The highest BCUT2D eigenvalue weighted by Gasteiger charge is 2.24. The predicted molar refractivity (Wildman–Crippen MR) is 84.4 cm³/mol. The summed E-state index contributed by atoms with van der Waals surface area (Å²) in [5, 5.41) is 10.2. The Morgan fingerprint density at radius 1 is 1.23 bits per heavy atom. The molecular formula is C16H21FN4O. The molecule has 1 atom stereocenters. The maximum absolute atomic E-state index is 13.5. The van der Waals surface area contributed by atoms with Gasteiger partial charge in [-0.3, -0.25) is 4.90 Å². The van der Waals surface area contributed by atoms with Crippen LogP contribution in [0.5, 0.6) is 0 Å². The van der Waals surface area contributed by atoms with E-state index in [0.29, 0.717) is 0 Å². The van der Waals surface area contributed by atoms with Gasteiger partial charge in [0.1, 0.15) is 18.0 Å². The molecule has 22 heavy (non-hydrogen) atoms. The van der Waals surface area contributed by atoms with E-state index in [1.165, 1.54) is 18.5 Å². The average molecular weight is 304 g/mol. The van der Waals surface area contributed by atoms with E-state index in [-0.39, 0.29) is 18.5 Å². The Bertz CT molecular complexity index is 639. The number of aliphatic hydroxyl groups excluding tert-OH is 1. The molecule has 1 aliphatic rings. The zero-order chi connectivity index (χ0) is 15.5. The largest absolute Gasteiger partial charge is 0.395 e. The number of halogens is 1. The SMILES string of the molecule is CC[C@@H](CO)N1CCN(c2ncnc3ccc(F)cc23)CC1. The number of nitrogens with zero attached hydrogens (tertiary/aromatic N) is 4. The van der Waals surface area contributed by atoms with Crippen LogP contribution in [0.1, 0.15) is 13.3 Å². The first-order valence-corrected chi connectivity index (χ1v) is 7.73. The van der Waals surface area contributed by atoms with Crippen molar-refractivity contribution in [2.24, 2.45) is 0 Å². The van der Waals surface area contributed by atoms with Crippen LogP contribution in [0.15, 0.2) is 24.5 Å². The molecule has 1 fully saturated rings. The molecule has 118 valence electrons.